The Labute approximate surface area is 130 Å². The molecule has 0 aromatic carbocycles. The van der Waals surface area contributed by atoms with Crippen molar-refractivity contribution in [1.82, 2.24) is 24.8 Å². The van der Waals surface area contributed by atoms with E-state index in [4.69, 9.17) is 4.98 Å². The molecule has 0 unspecified atom stereocenters. The normalized spacial score (nSPS) is 17.9. The van der Waals surface area contributed by atoms with Crippen molar-refractivity contribution in [2.45, 2.75) is 51.6 Å². The average molecular weight is 299 g/mol. The van der Waals surface area contributed by atoms with Gasteiger partial charge in [0.05, 0.1) is 11.9 Å². The van der Waals surface area contributed by atoms with E-state index in [2.05, 4.69) is 46.8 Å². The molecule has 1 N–H and O–H groups in total. The lowest BCUT2D eigenvalue weighted by molar-refractivity contribution is 0.0922. The molecule has 2 aromatic heterocycles. The summed E-state index contributed by atoms with van der Waals surface area (Å²) in [6.07, 6.45) is 8.45. The molecule has 0 saturated carbocycles. The van der Waals surface area contributed by atoms with Crippen LogP contribution >= 0.6 is 0 Å². The Hall–Kier alpha value is -2.24. The maximum Gasteiger partial charge on any atom is 0.271 e. The molecule has 1 atom stereocenters. The van der Waals surface area contributed by atoms with E-state index >= 15 is 0 Å². The van der Waals surface area contributed by atoms with Crippen LogP contribution in [-0.2, 0) is 18.4 Å². The molecule has 22 heavy (non-hydrogen) atoms. The predicted molar refractivity (Wildman–Crippen MR) is 82.5 cm³/mol. The molecule has 0 bridgehead atoms. The van der Waals surface area contributed by atoms with Gasteiger partial charge in [0.2, 0.25) is 0 Å². The van der Waals surface area contributed by atoms with E-state index in [9.17, 15) is 4.79 Å². The molecule has 1 aliphatic rings. The lowest BCUT2D eigenvalue weighted by atomic mass is 9.93. The molecule has 0 spiro atoms. The molecule has 1 aliphatic heterocycles. The number of imidazole rings is 1. The van der Waals surface area contributed by atoms with Gasteiger partial charge in [0, 0.05) is 43.0 Å². The van der Waals surface area contributed by atoms with E-state index in [1.807, 2.05) is 0 Å². The third kappa shape index (κ3) is 3.00. The van der Waals surface area contributed by atoms with Crippen molar-refractivity contribution in [3.63, 3.8) is 0 Å². The number of amides is 1. The summed E-state index contributed by atoms with van der Waals surface area (Å²) in [6.45, 7) is 7.24. The smallest absolute Gasteiger partial charge is 0.271 e. The zero-order valence-electron chi connectivity index (χ0n) is 13.2. The van der Waals surface area contributed by atoms with Gasteiger partial charge in [-0.05, 0) is 6.42 Å². The Morgan fingerprint density at radius 3 is 2.86 bits per heavy atom. The van der Waals surface area contributed by atoms with Crippen LogP contribution in [0.15, 0.2) is 24.8 Å². The van der Waals surface area contributed by atoms with Crippen molar-refractivity contribution >= 4 is 5.91 Å². The van der Waals surface area contributed by atoms with Crippen molar-refractivity contribution in [3.05, 3.63) is 42.0 Å². The number of nitrogens with one attached hydrogen (secondary N) is 1. The van der Waals surface area contributed by atoms with Crippen molar-refractivity contribution in [3.8, 4) is 0 Å². The summed E-state index contributed by atoms with van der Waals surface area (Å²) < 4.78 is 2.16. The zero-order valence-corrected chi connectivity index (χ0v) is 13.2. The maximum absolute atomic E-state index is 12.2. The minimum atomic E-state index is -0.169. The van der Waals surface area contributed by atoms with Crippen LogP contribution in [0.3, 0.4) is 0 Å². The first-order valence-corrected chi connectivity index (χ1v) is 7.57. The molecule has 6 nitrogen and oxygen atoms in total. The molecule has 1 amide bonds. The average Bonchev–Trinajstić information content (AvgIpc) is 2.91. The van der Waals surface area contributed by atoms with Crippen LogP contribution in [0.1, 0.15) is 49.2 Å². The summed E-state index contributed by atoms with van der Waals surface area (Å²) in [4.78, 5) is 24.8. The van der Waals surface area contributed by atoms with Crippen LogP contribution in [0.4, 0.5) is 0 Å². The monoisotopic (exact) mass is 299 g/mol. The van der Waals surface area contributed by atoms with Crippen molar-refractivity contribution in [2.24, 2.45) is 0 Å². The highest BCUT2D eigenvalue weighted by molar-refractivity contribution is 5.92. The second kappa shape index (κ2) is 5.51. The van der Waals surface area contributed by atoms with E-state index < -0.39 is 0 Å². The van der Waals surface area contributed by atoms with Crippen molar-refractivity contribution in [1.29, 1.82) is 0 Å². The zero-order chi connectivity index (χ0) is 15.7. The lowest BCUT2D eigenvalue weighted by Crippen LogP contribution is -2.41. The van der Waals surface area contributed by atoms with E-state index in [0.717, 1.165) is 30.9 Å². The number of hydrogen-bond acceptors (Lipinski definition) is 4. The number of carbonyl (C=O) groups is 1. The highest BCUT2D eigenvalue weighted by Crippen LogP contribution is 2.24. The molecule has 6 heteroatoms. The van der Waals surface area contributed by atoms with Crippen LogP contribution in [-0.4, -0.2) is 31.5 Å². The molecule has 0 radical (unpaired) electrons. The van der Waals surface area contributed by atoms with E-state index in [1.54, 1.807) is 6.20 Å². The van der Waals surface area contributed by atoms with Gasteiger partial charge >= 0.3 is 0 Å². The molecule has 3 rings (SSSR count). The van der Waals surface area contributed by atoms with E-state index in [-0.39, 0.29) is 17.4 Å². The summed E-state index contributed by atoms with van der Waals surface area (Å²) in [6, 6.07) is 0.101. The van der Waals surface area contributed by atoms with Crippen LogP contribution in [0.5, 0.6) is 0 Å². The topological polar surface area (TPSA) is 72.7 Å². The Balaban J connectivity index is 1.69. The number of carbonyl (C=O) groups excluding carboxylic acids is 1. The molecule has 2 aromatic rings. The quantitative estimate of drug-likeness (QED) is 0.916. The molecule has 0 fully saturated rings. The molecule has 0 saturated heterocycles. The van der Waals surface area contributed by atoms with Gasteiger partial charge in [-0.25, -0.2) is 9.97 Å². The summed E-state index contributed by atoms with van der Waals surface area (Å²) in [5.41, 5.74) is 1.50. The van der Waals surface area contributed by atoms with Gasteiger partial charge in [-0.2, -0.15) is 0 Å². The van der Waals surface area contributed by atoms with Gasteiger partial charge < -0.3 is 9.88 Å². The summed E-state index contributed by atoms with van der Waals surface area (Å²) in [5, 5.41) is 3.03. The number of aromatic nitrogens is 4. The Morgan fingerprint density at radius 2 is 2.18 bits per heavy atom. The third-order valence-electron chi connectivity index (χ3n) is 3.89. The summed E-state index contributed by atoms with van der Waals surface area (Å²) in [7, 11) is 0. The lowest BCUT2D eigenvalue weighted by Gasteiger charge is -2.24. The number of fused-ring (bicyclic) bond motifs is 1. The fraction of sp³-hybridized carbons (Fsp3) is 0.500. The van der Waals surface area contributed by atoms with Gasteiger partial charge in [0.15, 0.2) is 0 Å². The highest BCUT2D eigenvalue weighted by atomic mass is 16.1. The Kier molecular flexibility index (Phi) is 3.68. The highest BCUT2D eigenvalue weighted by Gasteiger charge is 2.25. The largest absolute Gasteiger partial charge is 0.346 e. The molecule has 0 aliphatic carbocycles. The Morgan fingerprint density at radius 1 is 1.36 bits per heavy atom. The van der Waals surface area contributed by atoms with Gasteiger partial charge in [-0.1, -0.05) is 20.8 Å². The fourth-order valence-electron chi connectivity index (χ4n) is 2.60. The second-order valence-electron chi connectivity index (χ2n) is 6.74. The third-order valence-corrected chi connectivity index (χ3v) is 3.89. The maximum atomic E-state index is 12.2. The van der Waals surface area contributed by atoms with Crippen LogP contribution in [0.2, 0.25) is 0 Å². The van der Waals surface area contributed by atoms with Crippen molar-refractivity contribution in [2.75, 3.05) is 0 Å². The van der Waals surface area contributed by atoms with Gasteiger partial charge in [0.25, 0.3) is 5.91 Å². The standard InChI is InChI=1S/C16H21N5O/c1-16(2,3)13-10-21-9-11(4-5-14(21)20-13)19-15(22)12-8-17-6-7-18-12/h6-8,10-11H,4-5,9H2,1-3H3,(H,19,22)/t11-/m0/s1. The summed E-state index contributed by atoms with van der Waals surface area (Å²) >= 11 is 0. The van der Waals surface area contributed by atoms with Crippen LogP contribution in [0, 0.1) is 0 Å². The molecule has 3 heterocycles. The van der Waals surface area contributed by atoms with E-state index in [1.165, 1.54) is 12.4 Å². The van der Waals surface area contributed by atoms with Crippen LogP contribution in [0.25, 0.3) is 0 Å². The fourth-order valence-corrected chi connectivity index (χ4v) is 2.60. The summed E-state index contributed by atoms with van der Waals surface area (Å²) in [5.74, 6) is 0.938. The SMILES string of the molecule is CC(C)(C)c1cn2c(n1)CC[C@H](NC(=O)c1cnccn1)C2. The van der Waals surface area contributed by atoms with Gasteiger partial charge in [-0.15, -0.1) is 0 Å². The number of nitrogens with zero attached hydrogens (tertiary/aromatic N) is 4. The molecular formula is C16H21N5O. The van der Waals surface area contributed by atoms with Gasteiger partial charge in [-0.3, -0.25) is 9.78 Å². The number of aryl methyl sites for hydroxylation is 1. The van der Waals surface area contributed by atoms with E-state index in [0.29, 0.717) is 5.69 Å². The number of rotatable bonds is 2. The van der Waals surface area contributed by atoms with Gasteiger partial charge in [0.1, 0.15) is 11.5 Å². The van der Waals surface area contributed by atoms with Crippen molar-refractivity contribution < 1.29 is 4.79 Å². The number of hydrogen-bond donors (Lipinski definition) is 1. The second-order valence-corrected chi connectivity index (χ2v) is 6.74. The first-order valence-electron chi connectivity index (χ1n) is 7.57. The predicted octanol–water partition coefficient (Wildman–Crippen LogP) is 1.72. The minimum absolute atomic E-state index is 0.0444. The first kappa shape index (κ1) is 14.7. The van der Waals surface area contributed by atoms with Crippen LogP contribution < -0.4 is 5.32 Å². The Bertz CT molecular complexity index is 672. The molecular weight excluding hydrogens is 278 g/mol. The minimum Gasteiger partial charge on any atom is -0.346 e. The first-order chi connectivity index (χ1) is 10.4. The molecule has 116 valence electrons.